The van der Waals surface area contributed by atoms with Crippen molar-refractivity contribution in [3.05, 3.63) is 63.1 Å². The second kappa shape index (κ2) is 7.85. The Morgan fingerprint density at radius 2 is 1.90 bits per heavy atom. The Kier molecular flexibility index (Phi) is 5.53. The van der Waals surface area contributed by atoms with Gasteiger partial charge in [-0.1, -0.05) is 47.8 Å². The molecule has 0 saturated carbocycles. The number of nitrogens with zero attached hydrogens (tertiary/aromatic N) is 2. The molecule has 0 spiro atoms. The van der Waals surface area contributed by atoms with Gasteiger partial charge in [0.2, 0.25) is 0 Å². The molecule has 2 aromatic carbocycles. The van der Waals surface area contributed by atoms with Gasteiger partial charge in [0.15, 0.2) is 5.60 Å². The van der Waals surface area contributed by atoms with Gasteiger partial charge in [0, 0.05) is 28.7 Å². The number of carboxylic acid groups (broad SMARTS) is 1. The number of rotatable bonds is 3. The predicted molar refractivity (Wildman–Crippen MR) is 115 cm³/mol. The zero-order valence-corrected chi connectivity index (χ0v) is 18.0. The van der Waals surface area contributed by atoms with Crippen molar-refractivity contribution in [3.8, 4) is 0 Å². The van der Waals surface area contributed by atoms with Crippen LogP contribution in [0.4, 0.5) is 5.69 Å². The van der Waals surface area contributed by atoms with Crippen molar-refractivity contribution >= 4 is 40.8 Å². The summed E-state index contributed by atoms with van der Waals surface area (Å²) in [6.07, 6.45) is 2.67. The number of aromatic carboxylic acids is 1. The van der Waals surface area contributed by atoms with Crippen LogP contribution >= 0.6 is 23.2 Å². The van der Waals surface area contributed by atoms with E-state index in [4.69, 9.17) is 23.2 Å². The van der Waals surface area contributed by atoms with Crippen LogP contribution in [0.25, 0.3) is 0 Å². The number of carbonyl (C=O) groups excluding carboxylic acids is 1. The van der Waals surface area contributed by atoms with Crippen molar-refractivity contribution in [2.45, 2.75) is 30.9 Å². The minimum atomic E-state index is -2.09. The fourth-order valence-electron chi connectivity index (χ4n) is 4.54. The standard InChI is InChI=1S/C22H22Cl2N2O4/c1-25-9-5-4-6-14(12-25)26-18-11-13(20(27)28)10-17(24)19(18)22(30,21(26)29)15-7-2-3-8-16(15)23/h2-3,7-8,10-11,14,30H,4-6,9,12H2,1H3,(H,27,28). The van der Waals surface area contributed by atoms with Gasteiger partial charge in [0.05, 0.1) is 16.3 Å². The van der Waals surface area contributed by atoms with Gasteiger partial charge in [-0.2, -0.15) is 0 Å². The molecule has 1 fully saturated rings. The minimum Gasteiger partial charge on any atom is -0.478 e. The van der Waals surface area contributed by atoms with E-state index in [1.54, 1.807) is 24.3 Å². The third-order valence-corrected chi connectivity index (χ3v) is 6.57. The summed E-state index contributed by atoms with van der Waals surface area (Å²) in [5, 5.41) is 21.6. The van der Waals surface area contributed by atoms with Crippen LogP contribution in [0.15, 0.2) is 36.4 Å². The van der Waals surface area contributed by atoms with E-state index in [1.807, 2.05) is 7.05 Å². The van der Waals surface area contributed by atoms with Gasteiger partial charge < -0.3 is 20.0 Å². The van der Waals surface area contributed by atoms with E-state index in [0.717, 1.165) is 25.8 Å². The van der Waals surface area contributed by atoms with Gasteiger partial charge in [-0.3, -0.25) is 4.79 Å². The number of hydrogen-bond acceptors (Lipinski definition) is 4. The number of likely N-dealkylation sites (N-methyl/N-ethyl adjacent to an activating group) is 1. The second-order valence-electron chi connectivity index (χ2n) is 7.93. The number of fused-ring (bicyclic) bond motifs is 1. The maximum Gasteiger partial charge on any atom is 0.335 e. The Balaban J connectivity index is 1.96. The minimum absolute atomic E-state index is 0.0187. The van der Waals surface area contributed by atoms with Gasteiger partial charge in [0.1, 0.15) is 0 Å². The Morgan fingerprint density at radius 3 is 2.60 bits per heavy atom. The van der Waals surface area contributed by atoms with E-state index in [0.29, 0.717) is 12.2 Å². The van der Waals surface area contributed by atoms with Crippen molar-refractivity contribution in [3.63, 3.8) is 0 Å². The number of carbonyl (C=O) groups is 2. The van der Waals surface area contributed by atoms with Crippen LogP contribution in [0.5, 0.6) is 0 Å². The molecule has 6 nitrogen and oxygen atoms in total. The molecule has 158 valence electrons. The molecule has 1 saturated heterocycles. The van der Waals surface area contributed by atoms with Crippen molar-refractivity contribution in [1.29, 1.82) is 0 Å². The third-order valence-electron chi connectivity index (χ3n) is 5.94. The van der Waals surface area contributed by atoms with Crippen LogP contribution in [0.3, 0.4) is 0 Å². The lowest BCUT2D eigenvalue weighted by Gasteiger charge is -2.31. The van der Waals surface area contributed by atoms with Crippen molar-refractivity contribution < 1.29 is 19.8 Å². The highest BCUT2D eigenvalue weighted by Crippen LogP contribution is 2.51. The first-order valence-electron chi connectivity index (χ1n) is 9.82. The van der Waals surface area contributed by atoms with E-state index < -0.39 is 17.5 Å². The fourth-order valence-corrected chi connectivity index (χ4v) is 5.16. The predicted octanol–water partition coefficient (Wildman–Crippen LogP) is 3.76. The quantitative estimate of drug-likeness (QED) is 0.746. The number of likely N-dealkylation sites (tertiary alicyclic amines) is 1. The largest absolute Gasteiger partial charge is 0.478 e. The first-order valence-corrected chi connectivity index (χ1v) is 10.6. The summed E-state index contributed by atoms with van der Waals surface area (Å²) in [5.74, 6) is -1.71. The first-order chi connectivity index (χ1) is 14.2. The Hall–Kier alpha value is -2.12. The molecule has 0 aliphatic carbocycles. The average molecular weight is 449 g/mol. The van der Waals surface area contributed by atoms with E-state index in [1.165, 1.54) is 17.0 Å². The van der Waals surface area contributed by atoms with Gasteiger partial charge in [0.25, 0.3) is 5.91 Å². The normalized spacial score (nSPS) is 24.6. The summed E-state index contributed by atoms with van der Waals surface area (Å²) in [4.78, 5) is 29.1. The lowest BCUT2D eigenvalue weighted by molar-refractivity contribution is -0.132. The molecule has 2 aliphatic heterocycles. The van der Waals surface area contributed by atoms with Crippen LogP contribution in [-0.4, -0.2) is 53.2 Å². The Labute approximate surface area is 184 Å². The van der Waals surface area contributed by atoms with Crippen LogP contribution in [0, 0.1) is 0 Å². The Bertz CT molecular complexity index is 1030. The third kappa shape index (κ3) is 3.28. The molecule has 2 heterocycles. The molecule has 4 rings (SSSR count). The lowest BCUT2D eigenvalue weighted by atomic mass is 9.87. The summed E-state index contributed by atoms with van der Waals surface area (Å²) in [5.41, 5.74) is -1.40. The summed E-state index contributed by atoms with van der Waals surface area (Å²) in [6, 6.07) is 9.05. The monoisotopic (exact) mass is 448 g/mol. The van der Waals surface area contributed by atoms with Crippen LogP contribution in [-0.2, 0) is 10.4 Å². The molecule has 1 amide bonds. The lowest BCUT2D eigenvalue weighted by Crippen LogP contribution is -2.49. The molecular formula is C22H22Cl2N2O4. The fraction of sp³-hybridized carbons (Fsp3) is 0.364. The summed E-state index contributed by atoms with van der Waals surface area (Å²) >= 11 is 12.8. The molecule has 2 N–H and O–H groups in total. The average Bonchev–Trinajstić information content (AvgIpc) is 2.81. The second-order valence-corrected chi connectivity index (χ2v) is 8.75. The van der Waals surface area contributed by atoms with Gasteiger partial charge in [-0.25, -0.2) is 4.79 Å². The van der Waals surface area contributed by atoms with E-state index in [2.05, 4.69) is 4.90 Å². The molecule has 2 atom stereocenters. The number of amides is 1. The van der Waals surface area contributed by atoms with Gasteiger partial charge in [-0.15, -0.1) is 0 Å². The number of benzene rings is 2. The highest BCUT2D eigenvalue weighted by Gasteiger charge is 2.55. The van der Waals surface area contributed by atoms with E-state index >= 15 is 0 Å². The SMILES string of the molecule is CN1CCCCC(N2C(=O)C(O)(c3ccccc3Cl)c3c(Cl)cc(C(=O)O)cc32)C1. The van der Waals surface area contributed by atoms with E-state index in [-0.39, 0.29) is 32.8 Å². The molecule has 30 heavy (non-hydrogen) atoms. The molecule has 8 heteroatoms. The first kappa shape index (κ1) is 21.1. The van der Waals surface area contributed by atoms with Crippen molar-refractivity contribution in [2.75, 3.05) is 25.0 Å². The van der Waals surface area contributed by atoms with Crippen LogP contribution < -0.4 is 4.90 Å². The van der Waals surface area contributed by atoms with Crippen molar-refractivity contribution in [2.24, 2.45) is 0 Å². The number of carboxylic acids is 1. The molecule has 0 bridgehead atoms. The summed E-state index contributed by atoms with van der Waals surface area (Å²) in [7, 11) is 1.99. The molecule has 0 radical (unpaired) electrons. The smallest absolute Gasteiger partial charge is 0.335 e. The highest BCUT2D eigenvalue weighted by molar-refractivity contribution is 6.35. The zero-order valence-electron chi connectivity index (χ0n) is 16.4. The van der Waals surface area contributed by atoms with Crippen LogP contribution in [0.2, 0.25) is 10.0 Å². The van der Waals surface area contributed by atoms with Crippen LogP contribution in [0.1, 0.15) is 40.7 Å². The van der Waals surface area contributed by atoms with E-state index in [9.17, 15) is 19.8 Å². The molecular weight excluding hydrogens is 427 g/mol. The number of halogens is 2. The zero-order chi connectivity index (χ0) is 21.6. The maximum absolute atomic E-state index is 13.8. The molecule has 2 aliphatic rings. The number of hydrogen-bond donors (Lipinski definition) is 2. The highest BCUT2D eigenvalue weighted by atomic mass is 35.5. The van der Waals surface area contributed by atoms with Crippen molar-refractivity contribution in [1.82, 2.24) is 4.90 Å². The summed E-state index contributed by atoms with van der Waals surface area (Å²) in [6.45, 7) is 1.52. The van der Waals surface area contributed by atoms with Gasteiger partial charge >= 0.3 is 5.97 Å². The maximum atomic E-state index is 13.8. The number of anilines is 1. The topological polar surface area (TPSA) is 81.1 Å². The Morgan fingerprint density at radius 1 is 1.17 bits per heavy atom. The summed E-state index contributed by atoms with van der Waals surface area (Å²) < 4.78 is 0. The molecule has 0 aromatic heterocycles. The van der Waals surface area contributed by atoms with Gasteiger partial charge in [-0.05, 0) is 44.6 Å². The molecule has 2 aromatic rings. The molecule has 2 unspecified atom stereocenters. The number of aliphatic hydroxyl groups is 1.